The van der Waals surface area contributed by atoms with E-state index in [2.05, 4.69) is 54.6 Å². The van der Waals surface area contributed by atoms with Crippen molar-refractivity contribution in [2.24, 2.45) is 0 Å². The molecule has 1 atom stereocenters. The van der Waals surface area contributed by atoms with E-state index in [4.69, 9.17) is 10.1 Å². The number of amides is 3. The van der Waals surface area contributed by atoms with Gasteiger partial charge in [0.15, 0.2) is 5.82 Å². The van der Waals surface area contributed by atoms with E-state index < -0.39 is 18.4 Å². The van der Waals surface area contributed by atoms with Gasteiger partial charge in [0.2, 0.25) is 11.8 Å². The average Bonchev–Trinajstić information content (AvgIpc) is 3.97. The van der Waals surface area contributed by atoms with E-state index in [-0.39, 0.29) is 29.8 Å². The molecule has 5 aliphatic heterocycles. The summed E-state index contributed by atoms with van der Waals surface area (Å²) in [7, 11) is 2.16. The molecule has 1 unspecified atom stereocenters. The zero-order valence-corrected chi connectivity index (χ0v) is 36.9. The Morgan fingerprint density at radius 2 is 1.66 bits per heavy atom. The van der Waals surface area contributed by atoms with Gasteiger partial charge in [-0.1, -0.05) is 31.4 Å². The molecule has 14 heteroatoms. The second kappa shape index (κ2) is 16.5. The Kier molecular flexibility index (Phi) is 10.6. The van der Waals surface area contributed by atoms with Crippen molar-refractivity contribution in [1.82, 2.24) is 39.3 Å². The van der Waals surface area contributed by atoms with Gasteiger partial charge in [-0.25, -0.2) is 8.78 Å². The molecule has 2 saturated heterocycles. The number of carbonyl (C=O) groups is 3. The normalized spacial score (nSPS) is 21.5. The number of nitrogens with one attached hydrogen (secondary N) is 1. The SMILES string of the molecule is Cc1cc2c(cn1)c(-c1cc3c(cc1C(F)F)N(c1nn(C4CCCCC4)c4c1CN(C)CC4)CCC3)cn2C1CCN(Cc2cccc3c2CN(C2CCC(=O)NC2=O)C3=O)CC1. The van der Waals surface area contributed by atoms with Gasteiger partial charge in [-0.2, -0.15) is 5.10 Å². The summed E-state index contributed by atoms with van der Waals surface area (Å²) in [5.41, 5.74) is 10.5. The number of nitrogens with zero attached hydrogens (tertiary/aromatic N) is 8. The van der Waals surface area contributed by atoms with Crippen LogP contribution in [0, 0.1) is 6.92 Å². The van der Waals surface area contributed by atoms with E-state index in [1.165, 1.54) is 30.5 Å². The summed E-state index contributed by atoms with van der Waals surface area (Å²) in [6.07, 6.45) is 12.3. The summed E-state index contributed by atoms with van der Waals surface area (Å²) in [5, 5.41) is 8.66. The van der Waals surface area contributed by atoms with Crippen LogP contribution in [-0.2, 0) is 42.1 Å². The molecule has 1 N–H and O–H groups in total. The minimum Gasteiger partial charge on any atom is -0.344 e. The number of likely N-dealkylation sites (tertiary alicyclic amines) is 1. The van der Waals surface area contributed by atoms with Crippen molar-refractivity contribution in [2.45, 2.75) is 128 Å². The number of carbonyl (C=O) groups excluding carboxylic acids is 3. The molecule has 64 heavy (non-hydrogen) atoms. The highest BCUT2D eigenvalue weighted by Gasteiger charge is 2.40. The molecule has 6 aliphatic rings. The first kappa shape index (κ1) is 41.2. The molecule has 0 bridgehead atoms. The molecule has 5 aromatic rings. The second-order valence-electron chi connectivity index (χ2n) is 19.2. The van der Waals surface area contributed by atoms with E-state index in [0.29, 0.717) is 36.7 Å². The van der Waals surface area contributed by atoms with Crippen molar-refractivity contribution in [3.8, 4) is 11.1 Å². The van der Waals surface area contributed by atoms with Crippen LogP contribution in [0.4, 0.5) is 20.3 Å². The molecule has 3 fully saturated rings. The van der Waals surface area contributed by atoms with Crippen LogP contribution in [0.5, 0.6) is 0 Å². The predicted octanol–water partition coefficient (Wildman–Crippen LogP) is 8.32. The average molecular weight is 870 g/mol. The first-order chi connectivity index (χ1) is 31.1. The Morgan fingerprint density at radius 1 is 0.828 bits per heavy atom. The molecular formula is C50H57F2N9O3. The maximum Gasteiger partial charge on any atom is 0.264 e. The molecule has 2 aromatic carbocycles. The molecule has 1 aliphatic carbocycles. The predicted molar refractivity (Wildman–Crippen MR) is 241 cm³/mol. The number of rotatable bonds is 8. The number of benzene rings is 2. The molecule has 12 nitrogen and oxygen atoms in total. The Hall–Kier alpha value is -5.47. The summed E-state index contributed by atoms with van der Waals surface area (Å²) >= 11 is 0. The van der Waals surface area contributed by atoms with Crippen LogP contribution in [0.2, 0.25) is 0 Å². The number of likely N-dealkylation sites (N-methyl/N-ethyl adjacent to an activating group) is 1. The third-order valence-corrected chi connectivity index (χ3v) is 15.2. The number of hydrogen-bond acceptors (Lipinski definition) is 8. The quantitative estimate of drug-likeness (QED) is 0.155. The van der Waals surface area contributed by atoms with Gasteiger partial charge in [0.05, 0.1) is 11.6 Å². The van der Waals surface area contributed by atoms with Crippen LogP contribution >= 0.6 is 0 Å². The van der Waals surface area contributed by atoms with E-state index >= 15 is 8.78 Å². The van der Waals surface area contributed by atoms with Gasteiger partial charge in [0, 0.05) is 122 Å². The van der Waals surface area contributed by atoms with Gasteiger partial charge in [0.25, 0.3) is 12.3 Å². The highest BCUT2D eigenvalue weighted by atomic mass is 19.3. The number of aryl methyl sites for hydroxylation is 2. The maximum atomic E-state index is 15.6. The highest BCUT2D eigenvalue weighted by molar-refractivity contribution is 6.05. The number of halogens is 2. The molecule has 3 aromatic heterocycles. The molecule has 1 saturated carbocycles. The van der Waals surface area contributed by atoms with Crippen molar-refractivity contribution in [2.75, 3.05) is 38.1 Å². The first-order valence-corrected chi connectivity index (χ1v) is 23.6. The van der Waals surface area contributed by atoms with Gasteiger partial charge in [-0.3, -0.25) is 34.3 Å². The molecule has 0 spiro atoms. The van der Waals surface area contributed by atoms with Gasteiger partial charge < -0.3 is 19.3 Å². The Morgan fingerprint density at radius 3 is 2.45 bits per heavy atom. The molecule has 11 rings (SSSR count). The number of anilines is 2. The lowest BCUT2D eigenvalue weighted by molar-refractivity contribution is -0.136. The molecule has 8 heterocycles. The number of imide groups is 1. The van der Waals surface area contributed by atoms with Crippen LogP contribution < -0.4 is 10.2 Å². The number of piperidine rings is 2. The van der Waals surface area contributed by atoms with Crippen molar-refractivity contribution in [3.05, 3.63) is 93.6 Å². The molecule has 334 valence electrons. The molecular weight excluding hydrogens is 813 g/mol. The fourth-order valence-electron chi connectivity index (χ4n) is 11.8. The number of aromatic nitrogens is 4. The van der Waals surface area contributed by atoms with E-state index in [9.17, 15) is 14.4 Å². The lowest BCUT2D eigenvalue weighted by atomic mass is 9.91. The van der Waals surface area contributed by atoms with Crippen LogP contribution in [0.3, 0.4) is 0 Å². The highest BCUT2D eigenvalue weighted by Crippen LogP contribution is 2.46. The third kappa shape index (κ3) is 7.21. The fourth-order valence-corrected chi connectivity index (χ4v) is 11.8. The molecule has 0 radical (unpaired) electrons. The number of pyridine rings is 1. The van der Waals surface area contributed by atoms with Crippen LogP contribution in [0.25, 0.3) is 22.0 Å². The Labute approximate surface area is 372 Å². The largest absolute Gasteiger partial charge is 0.344 e. The van der Waals surface area contributed by atoms with Crippen molar-refractivity contribution >= 4 is 40.1 Å². The van der Waals surface area contributed by atoms with Crippen LogP contribution in [0.15, 0.2) is 48.8 Å². The number of alkyl halides is 2. The monoisotopic (exact) mass is 869 g/mol. The number of hydrogen-bond donors (Lipinski definition) is 1. The lowest BCUT2D eigenvalue weighted by Gasteiger charge is -2.33. The Balaban J connectivity index is 0.871. The second-order valence-corrected chi connectivity index (χ2v) is 19.2. The summed E-state index contributed by atoms with van der Waals surface area (Å²) < 4.78 is 35.8. The minimum atomic E-state index is -2.67. The van der Waals surface area contributed by atoms with Gasteiger partial charge in [-0.05, 0) is 105 Å². The van der Waals surface area contributed by atoms with Crippen molar-refractivity contribution < 1.29 is 23.2 Å². The van der Waals surface area contributed by atoms with Crippen LogP contribution in [0.1, 0.15) is 132 Å². The van der Waals surface area contributed by atoms with Crippen molar-refractivity contribution in [1.29, 1.82) is 0 Å². The maximum absolute atomic E-state index is 15.6. The summed E-state index contributed by atoms with van der Waals surface area (Å²) in [6.45, 7) is 7.22. The van der Waals surface area contributed by atoms with E-state index in [1.54, 1.807) is 11.0 Å². The van der Waals surface area contributed by atoms with Gasteiger partial charge in [0.1, 0.15) is 6.04 Å². The van der Waals surface area contributed by atoms with Crippen LogP contribution in [-0.4, -0.2) is 91.0 Å². The van der Waals surface area contributed by atoms with Gasteiger partial charge in [-0.15, -0.1) is 0 Å². The topological polar surface area (TPSA) is 112 Å². The smallest absolute Gasteiger partial charge is 0.264 e. The van der Waals surface area contributed by atoms with Gasteiger partial charge >= 0.3 is 0 Å². The fraction of sp³-hybridized carbons (Fsp3) is 0.500. The zero-order chi connectivity index (χ0) is 43.8. The standard InChI is InChI=1S/C50H57F2N9O3/c1-30-22-45-38(25-53-30)40(29-59(45)33-15-20-57(21-16-33)26-32-8-6-12-35-39(32)28-60(50(35)64)43-13-14-46(62)54-49(43)63)36-23-31-9-7-18-58(44(31)24-37(36)47(51)52)48-41-27-56(2)19-17-42(41)61(55-48)34-10-4-3-5-11-34/h6,8,12,22-25,29,33-34,43,47H,3-5,7,9-11,13-21,26-28H2,1-2H3,(H,54,62,63). The summed E-state index contributed by atoms with van der Waals surface area (Å²) in [5.74, 6) is 0.0811. The summed E-state index contributed by atoms with van der Waals surface area (Å²) in [6, 6.07) is 11.6. The third-order valence-electron chi connectivity index (χ3n) is 15.2. The Bertz CT molecular complexity index is 2680. The molecule has 3 amide bonds. The lowest BCUT2D eigenvalue weighted by Crippen LogP contribution is -2.52. The minimum absolute atomic E-state index is 0.0443. The van der Waals surface area contributed by atoms with E-state index in [1.807, 2.05) is 31.3 Å². The van der Waals surface area contributed by atoms with E-state index in [0.717, 1.165) is 128 Å². The number of fused-ring (bicyclic) bond motifs is 4. The summed E-state index contributed by atoms with van der Waals surface area (Å²) in [4.78, 5) is 51.3. The first-order valence-electron chi connectivity index (χ1n) is 23.6. The van der Waals surface area contributed by atoms with Crippen molar-refractivity contribution in [3.63, 3.8) is 0 Å². The zero-order valence-electron chi connectivity index (χ0n) is 36.9.